The highest BCUT2D eigenvalue weighted by atomic mass is 19.1. The third kappa shape index (κ3) is 2.01. The molecule has 2 aromatic carbocycles. The van der Waals surface area contributed by atoms with Crippen LogP contribution in [-0.2, 0) is 0 Å². The zero-order valence-electron chi connectivity index (χ0n) is 8.91. The molecule has 80 valence electrons. The summed E-state index contributed by atoms with van der Waals surface area (Å²) in [5, 5.41) is 0. The second kappa shape index (κ2) is 4.27. The molecule has 0 atom stereocenters. The minimum atomic E-state index is -0.255. The van der Waals surface area contributed by atoms with Crippen LogP contribution in [0.4, 0.5) is 4.39 Å². The zero-order valence-corrected chi connectivity index (χ0v) is 8.91. The molecule has 0 aliphatic rings. The van der Waals surface area contributed by atoms with Gasteiger partial charge in [-0.1, -0.05) is 30.3 Å². The molecule has 0 fully saturated rings. The molecule has 2 heteroatoms. The molecule has 0 aliphatic heterocycles. The van der Waals surface area contributed by atoms with Gasteiger partial charge in [-0.05, 0) is 35.7 Å². The largest absolute Gasteiger partial charge is 0.298 e. The number of aldehydes is 1. The van der Waals surface area contributed by atoms with Gasteiger partial charge in [-0.15, -0.1) is 0 Å². The van der Waals surface area contributed by atoms with Crippen LogP contribution in [0.15, 0.2) is 42.5 Å². The Balaban J connectivity index is 2.49. The first-order valence-corrected chi connectivity index (χ1v) is 5.02. The maximum absolute atomic E-state index is 13.0. The molecule has 0 amide bonds. The van der Waals surface area contributed by atoms with Crippen molar-refractivity contribution in [2.75, 3.05) is 0 Å². The Morgan fingerprint density at radius 3 is 2.44 bits per heavy atom. The summed E-state index contributed by atoms with van der Waals surface area (Å²) in [5.41, 5.74) is 3.31. The second-order valence-corrected chi connectivity index (χ2v) is 3.70. The molecule has 0 N–H and O–H groups in total. The van der Waals surface area contributed by atoms with Gasteiger partial charge in [0, 0.05) is 5.56 Å². The summed E-state index contributed by atoms with van der Waals surface area (Å²) < 4.78 is 13.0. The average molecular weight is 214 g/mol. The molecular weight excluding hydrogens is 203 g/mol. The van der Waals surface area contributed by atoms with E-state index < -0.39 is 0 Å². The SMILES string of the molecule is Cc1cc(-c2cccc(F)c2)ccc1C=O. The van der Waals surface area contributed by atoms with Crippen LogP contribution in [-0.4, -0.2) is 6.29 Å². The van der Waals surface area contributed by atoms with Gasteiger partial charge >= 0.3 is 0 Å². The van der Waals surface area contributed by atoms with E-state index in [0.717, 1.165) is 23.0 Å². The van der Waals surface area contributed by atoms with E-state index >= 15 is 0 Å². The predicted octanol–water partition coefficient (Wildman–Crippen LogP) is 3.61. The molecule has 0 unspecified atom stereocenters. The summed E-state index contributed by atoms with van der Waals surface area (Å²) in [6.45, 7) is 1.87. The normalized spacial score (nSPS) is 10.1. The van der Waals surface area contributed by atoms with Crippen molar-refractivity contribution in [3.63, 3.8) is 0 Å². The van der Waals surface area contributed by atoms with Crippen molar-refractivity contribution < 1.29 is 9.18 Å². The van der Waals surface area contributed by atoms with Gasteiger partial charge in [-0.2, -0.15) is 0 Å². The van der Waals surface area contributed by atoms with Crippen LogP contribution in [0.5, 0.6) is 0 Å². The summed E-state index contributed by atoms with van der Waals surface area (Å²) in [6.07, 6.45) is 0.824. The minimum Gasteiger partial charge on any atom is -0.298 e. The first-order valence-electron chi connectivity index (χ1n) is 5.02. The van der Waals surface area contributed by atoms with Crippen molar-refractivity contribution >= 4 is 6.29 Å². The van der Waals surface area contributed by atoms with Gasteiger partial charge in [0.2, 0.25) is 0 Å². The van der Waals surface area contributed by atoms with Gasteiger partial charge in [0.1, 0.15) is 12.1 Å². The summed E-state index contributed by atoms with van der Waals surface area (Å²) >= 11 is 0. The fourth-order valence-corrected chi connectivity index (χ4v) is 1.66. The number of hydrogen-bond donors (Lipinski definition) is 0. The molecule has 0 bridgehead atoms. The number of rotatable bonds is 2. The van der Waals surface area contributed by atoms with Crippen molar-refractivity contribution in [3.8, 4) is 11.1 Å². The fraction of sp³-hybridized carbons (Fsp3) is 0.0714. The highest BCUT2D eigenvalue weighted by Crippen LogP contribution is 2.22. The fourth-order valence-electron chi connectivity index (χ4n) is 1.66. The molecule has 2 rings (SSSR count). The third-order valence-corrected chi connectivity index (χ3v) is 2.55. The quantitative estimate of drug-likeness (QED) is 0.698. The molecule has 0 saturated heterocycles. The topological polar surface area (TPSA) is 17.1 Å². The van der Waals surface area contributed by atoms with E-state index in [2.05, 4.69) is 0 Å². The maximum atomic E-state index is 13.0. The first-order chi connectivity index (χ1) is 7.70. The third-order valence-electron chi connectivity index (χ3n) is 2.55. The monoisotopic (exact) mass is 214 g/mol. The molecule has 0 heterocycles. The van der Waals surface area contributed by atoms with Gasteiger partial charge in [-0.25, -0.2) is 4.39 Å². The number of halogens is 1. The highest BCUT2D eigenvalue weighted by Gasteiger charge is 2.02. The van der Waals surface area contributed by atoms with E-state index in [-0.39, 0.29) is 5.82 Å². The highest BCUT2D eigenvalue weighted by molar-refractivity contribution is 5.79. The first kappa shape index (κ1) is 10.6. The summed E-state index contributed by atoms with van der Waals surface area (Å²) in [5.74, 6) is -0.255. The second-order valence-electron chi connectivity index (χ2n) is 3.70. The van der Waals surface area contributed by atoms with E-state index in [1.54, 1.807) is 12.1 Å². The van der Waals surface area contributed by atoms with Crippen molar-refractivity contribution in [2.45, 2.75) is 6.92 Å². The van der Waals surface area contributed by atoms with Crippen LogP contribution >= 0.6 is 0 Å². The van der Waals surface area contributed by atoms with Gasteiger partial charge in [0.25, 0.3) is 0 Å². The standard InChI is InChI=1S/C14H11FO/c1-10-7-12(5-6-13(10)9-16)11-3-2-4-14(15)8-11/h2-9H,1H3. The number of carbonyl (C=O) groups excluding carboxylic acids is 1. The summed E-state index contributed by atoms with van der Waals surface area (Å²) in [4.78, 5) is 10.7. The van der Waals surface area contributed by atoms with E-state index in [0.29, 0.717) is 5.56 Å². The van der Waals surface area contributed by atoms with Crippen molar-refractivity contribution in [3.05, 3.63) is 59.4 Å². The molecule has 16 heavy (non-hydrogen) atoms. The Morgan fingerprint density at radius 2 is 1.81 bits per heavy atom. The Kier molecular flexibility index (Phi) is 2.82. The molecular formula is C14H11FO. The number of carbonyl (C=O) groups is 1. The van der Waals surface area contributed by atoms with Crippen LogP contribution in [0, 0.1) is 12.7 Å². The molecule has 0 saturated carbocycles. The Hall–Kier alpha value is -1.96. The minimum absolute atomic E-state index is 0.255. The van der Waals surface area contributed by atoms with Crippen LogP contribution < -0.4 is 0 Å². The molecule has 0 aromatic heterocycles. The number of aryl methyl sites for hydroxylation is 1. The lowest BCUT2D eigenvalue weighted by Crippen LogP contribution is -1.87. The van der Waals surface area contributed by atoms with Gasteiger partial charge < -0.3 is 0 Å². The van der Waals surface area contributed by atoms with Crippen molar-refractivity contribution in [1.82, 2.24) is 0 Å². The van der Waals surface area contributed by atoms with E-state index in [1.807, 2.05) is 25.1 Å². The summed E-state index contributed by atoms with van der Waals surface area (Å²) in [6, 6.07) is 11.9. The number of benzene rings is 2. The molecule has 0 radical (unpaired) electrons. The lowest BCUT2D eigenvalue weighted by molar-refractivity contribution is 0.112. The van der Waals surface area contributed by atoms with Crippen LogP contribution in [0.2, 0.25) is 0 Å². The van der Waals surface area contributed by atoms with E-state index in [1.165, 1.54) is 12.1 Å². The Labute approximate surface area is 93.5 Å². The molecule has 0 spiro atoms. The molecule has 0 aliphatic carbocycles. The van der Waals surface area contributed by atoms with Gasteiger partial charge in [0.15, 0.2) is 0 Å². The van der Waals surface area contributed by atoms with Gasteiger partial charge in [0.05, 0.1) is 0 Å². The Morgan fingerprint density at radius 1 is 1.06 bits per heavy atom. The van der Waals surface area contributed by atoms with Gasteiger partial charge in [-0.3, -0.25) is 4.79 Å². The number of hydrogen-bond acceptors (Lipinski definition) is 1. The van der Waals surface area contributed by atoms with Crippen molar-refractivity contribution in [2.24, 2.45) is 0 Å². The Bertz CT molecular complexity index is 532. The molecule has 1 nitrogen and oxygen atoms in total. The van der Waals surface area contributed by atoms with Crippen LogP contribution in [0.25, 0.3) is 11.1 Å². The lowest BCUT2D eigenvalue weighted by atomic mass is 10.0. The van der Waals surface area contributed by atoms with Crippen molar-refractivity contribution in [1.29, 1.82) is 0 Å². The molecule has 2 aromatic rings. The van der Waals surface area contributed by atoms with Crippen LogP contribution in [0.1, 0.15) is 15.9 Å². The zero-order chi connectivity index (χ0) is 11.5. The maximum Gasteiger partial charge on any atom is 0.150 e. The predicted molar refractivity (Wildman–Crippen MR) is 62.0 cm³/mol. The van der Waals surface area contributed by atoms with E-state index in [9.17, 15) is 9.18 Å². The van der Waals surface area contributed by atoms with E-state index in [4.69, 9.17) is 0 Å². The summed E-state index contributed by atoms with van der Waals surface area (Å²) in [7, 11) is 0. The average Bonchev–Trinajstić information content (AvgIpc) is 2.29. The van der Waals surface area contributed by atoms with Crippen LogP contribution in [0.3, 0.4) is 0 Å². The smallest absolute Gasteiger partial charge is 0.150 e. The lowest BCUT2D eigenvalue weighted by Gasteiger charge is -2.04.